The van der Waals surface area contributed by atoms with Gasteiger partial charge in [0.2, 0.25) is 11.9 Å². The number of carbonyl (C=O) groups excluding carboxylic acids is 2. The Bertz CT molecular complexity index is 1540. The van der Waals surface area contributed by atoms with Crippen molar-refractivity contribution in [2.24, 2.45) is 0 Å². The first-order valence-electron chi connectivity index (χ1n) is 12.3. The van der Waals surface area contributed by atoms with E-state index in [1.165, 1.54) is 26.9 Å². The van der Waals surface area contributed by atoms with Crippen LogP contribution in [0.3, 0.4) is 0 Å². The first kappa shape index (κ1) is 28.1. The molecule has 2 amide bonds. The molecule has 2 aromatic carbocycles. The Morgan fingerprint density at radius 1 is 1.05 bits per heavy atom. The molecule has 1 atom stereocenters. The lowest BCUT2D eigenvalue weighted by Crippen LogP contribution is -2.43. The van der Waals surface area contributed by atoms with E-state index in [9.17, 15) is 18.0 Å². The van der Waals surface area contributed by atoms with Crippen molar-refractivity contribution in [2.45, 2.75) is 37.3 Å². The summed E-state index contributed by atoms with van der Waals surface area (Å²) >= 11 is 16.0. The van der Waals surface area contributed by atoms with Gasteiger partial charge in [0.05, 0.1) is 11.9 Å². The fourth-order valence-electron chi connectivity index (χ4n) is 5.19. The van der Waals surface area contributed by atoms with Gasteiger partial charge in [0.1, 0.15) is 5.54 Å². The maximum Gasteiger partial charge on any atom is 0.260 e. The van der Waals surface area contributed by atoms with Crippen LogP contribution < -0.4 is 4.90 Å². The van der Waals surface area contributed by atoms with E-state index in [1.54, 1.807) is 30.0 Å². The van der Waals surface area contributed by atoms with E-state index in [1.807, 2.05) is 24.3 Å². The third kappa shape index (κ3) is 5.11. The first-order chi connectivity index (χ1) is 18.4. The highest BCUT2D eigenvalue weighted by Gasteiger charge is 2.52. The summed E-state index contributed by atoms with van der Waals surface area (Å²) in [6, 6.07) is 12.3. The van der Waals surface area contributed by atoms with Gasteiger partial charge in [0, 0.05) is 54.0 Å². The van der Waals surface area contributed by atoms with Crippen LogP contribution in [0.5, 0.6) is 0 Å². The van der Waals surface area contributed by atoms with Crippen LogP contribution in [0.4, 0.5) is 11.6 Å². The van der Waals surface area contributed by atoms with Crippen LogP contribution in [-0.2, 0) is 31.6 Å². The normalized spacial score (nSPS) is 20.3. The molecule has 0 aliphatic carbocycles. The van der Waals surface area contributed by atoms with Gasteiger partial charge in [-0.05, 0) is 49.2 Å². The predicted octanol–water partition coefficient (Wildman–Crippen LogP) is 4.83. The molecule has 0 radical (unpaired) electrons. The van der Waals surface area contributed by atoms with Crippen LogP contribution in [0.1, 0.15) is 25.8 Å². The zero-order valence-electron chi connectivity index (χ0n) is 21.3. The summed E-state index contributed by atoms with van der Waals surface area (Å²) in [4.78, 5) is 33.5. The molecule has 0 bridgehead atoms. The Kier molecular flexibility index (Phi) is 7.58. The van der Waals surface area contributed by atoms with Crippen molar-refractivity contribution < 1.29 is 18.0 Å². The molecule has 39 heavy (non-hydrogen) atoms. The quantitative estimate of drug-likeness (QED) is 0.393. The summed E-state index contributed by atoms with van der Waals surface area (Å²) in [6.07, 6.45) is 2.01. The van der Waals surface area contributed by atoms with Crippen LogP contribution in [0.25, 0.3) is 0 Å². The SMILES string of the molecule is CC(=O)N1CCCN(S(=O)(=O)c2cnc3n2C(C)(Cc2ccc(Br)cc2)C(=O)N3c2cc(Cl)cc(Cl)c2)CC1. The lowest BCUT2D eigenvalue weighted by molar-refractivity contribution is -0.128. The van der Waals surface area contributed by atoms with Crippen molar-refractivity contribution in [3.8, 4) is 0 Å². The lowest BCUT2D eigenvalue weighted by Gasteiger charge is -2.28. The molecule has 0 N–H and O–H groups in total. The highest BCUT2D eigenvalue weighted by atomic mass is 79.9. The molecule has 1 saturated heterocycles. The fourth-order valence-corrected chi connectivity index (χ4v) is 7.63. The second-order valence-corrected chi connectivity index (χ2v) is 13.5. The van der Waals surface area contributed by atoms with Gasteiger partial charge >= 0.3 is 0 Å². The second kappa shape index (κ2) is 10.5. The number of anilines is 2. The number of hydrogen-bond acceptors (Lipinski definition) is 5. The van der Waals surface area contributed by atoms with Gasteiger partial charge in [-0.2, -0.15) is 4.31 Å². The third-order valence-corrected chi connectivity index (χ3v) is 9.97. The number of fused-ring (bicyclic) bond motifs is 1. The summed E-state index contributed by atoms with van der Waals surface area (Å²) in [6.45, 7) is 4.36. The van der Waals surface area contributed by atoms with Gasteiger partial charge in [-0.15, -0.1) is 0 Å². The Hall–Kier alpha value is -2.44. The number of hydrogen-bond donors (Lipinski definition) is 0. The van der Waals surface area contributed by atoms with E-state index in [-0.39, 0.29) is 48.8 Å². The molecule has 13 heteroatoms. The molecule has 1 aromatic heterocycles. The zero-order valence-corrected chi connectivity index (χ0v) is 25.2. The van der Waals surface area contributed by atoms with Gasteiger partial charge in [0.25, 0.3) is 15.9 Å². The van der Waals surface area contributed by atoms with Gasteiger partial charge in [-0.25, -0.2) is 18.3 Å². The molecule has 5 rings (SSSR count). The zero-order chi connectivity index (χ0) is 28.1. The molecule has 2 aliphatic rings. The van der Waals surface area contributed by atoms with Crippen molar-refractivity contribution >= 4 is 72.6 Å². The number of aromatic nitrogens is 2. The van der Waals surface area contributed by atoms with Crippen molar-refractivity contribution in [1.29, 1.82) is 0 Å². The maximum atomic E-state index is 14.2. The molecule has 3 aromatic rings. The standard InChI is InChI=1S/C26H26BrCl2N5O4S/c1-17(35)31-8-3-9-32(11-10-31)39(37,38)23-16-30-25-33(22-13-20(28)12-21(29)14-22)24(36)26(2,34(23)25)15-18-4-6-19(27)7-5-18/h4-7,12-14,16H,3,8-11,15H2,1-2H3. The first-order valence-corrected chi connectivity index (χ1v) is 15.3. The number of rotatable bonds is 5. The number of halogens is 3. The van der Waals surface area contributed by atoms with Crippen molar-refractivity contribution in [1.82, 2.24) is 18.8 Å². The minimum absolute atomic E-state index is 0.0858. The fraction of sp³-hybridized carbons (Fsp3) is 0.346. The number of imidazole rings is 1. The summed E-state index contributed by atoms with van der Waals surface area (Å²) in [5.74, 6) is -0.290. The summed E-state index contributed by atoms with van der Waals surface area (Å²) < 4.78 is 31.9. The highest BCUT2D eigenvalue weighted by Crippen LogP contribution is 2.45. The number of amides is 2. The number of carbonyl (C=O) groups is 2. The van der Waals surface area contributed by atoms with E-state index in [2.05, 4.69) is 20.9 Å². The van der Waals surface area contributed by atoms with Gasteiger partial charge in [0.15, 0.2) is 5.03 Å². The highest BCUT2D eigenvalue weighted by molar-refractivity contribution is 9.10. The van der Waals surface area contributed by atoms with Crippen LogP contribution in [-0.4, -0.2) is 65.2 Å². The van der Waals surface area contributed by atoms with Crippen molar-refractivity contribution in [2.75, 3.05) is 31.1 Å². The minimum Gasteiger partial charge on any atom is -0.342 e. The molecule has 0 saturated carbocycles. The smallest absolute Gasteiger partial charge is 0.260 e. The number of sulfonamides is 1. The lowest BCUT2D eigenvalue weighted by atomic mass is 9.92. The molecule has 0 spiro atoms. The van der Waals surface area contributed by atoms with Crippen LogP contribution in [0.2, 0.25) is 10.0 Å². The number of benzene rings is 2. The molecule has 206 valence electrons. The molecule has 2 aliphatic heterocycles. The van der Waals surface area contributed by atoms with Crippen molar-refractivity contribution in [3.63, 3.8) is 0 Å². The Morgan fingerprint density at radius 2 is 1.72 bits per heavy atom. The molecular formula is C26H26BrCl2N5O4S. The second-order valence-electron chi connectivity index (χ2n) is 9.84. The van der Waals surface area contributed by atoms with Crippen LogP contribution in [0.15, 0.2) is 58.2 Å². The maximum absolute atomic E-state index is 14.2. The minimum atomic E-state index is -4.07. The van der Waals surface area contributed by atoms with E-state index < -0.39 is 15.6 Å². The molecule has 9 nitrogen and oxygen atoms in total. The summed E-state index contributed by atoms with van der Waals surface area (Å²) in [5.41, 5.74) is -0.0942. The average Bonchev–Trinajstić information content (AvgIpc) is 3.25. The van der Waals surface area contributed by atoms with Gasteiger partial charge in [-0.1, -0.05) is 51.3 Å². The van der Waals surface area contributed by atoms with Crippen molar-refractivity contribution in [3.05, 3.63) is 68.7 Å². The average molecular weight is 655 g/mol. The van der Waals surface area contributed by atoms with Crippen LogP contribution in [0, 0.1) is 0 Å². The summed E-state index contributed by atoms with van der Waals surface area (Å²) in [7, 11) is -4.07. The van der Waals surface area contributed by atoms with E-state index in [0.29, 0.717) is 28.7 Å². The van der Waals surface area contributed by atoms with E-state index >= 15 is 0 Å². The van der Waals surface area contributed by atoms with E-state index in [4.69, 9.17) is 23.2 Å². The Morgan fingerprint density at radius 3 is 2.36 bits per heavy atom. The predicted molar refractivity (Wildman–Crippen MR) is 153 cm³/mol. The Labute approximate surface area is 245 Å². The Balaban J connectivity index is 1.63. The number of nitrogens with zero attached hydrogens (tertiary/aromatic N) is 5. The van der Waals surface area contributed by atoms with Gasteiger partial charge in [-0.3, -0.25) is 14.2 Å². The van der Waals surface area contributed by atoms with Gasteiger partial charge < -0.3 is 4.90 Å². The molecule has 3 heterocycles. The van der Waals surface area contributed by atoms with Crippen LogP contribution >= 0.6 is 39.1 Å². The largest absolute Gasteiger partial charge is 0.342 e. The molecular weight excluding hydrogens is 629 g/mol. The summed E-state index contributed by atoms with van der Waals surface area (Å²) in [5, 5.41) is 0.576. The molecule has 1 fully saturated rings. The monoisotopic (exact) mass is 653 g/mol. The topological polar surface area (TPSA) is 95.8 Å². The third-order valence-electron chi connectivity index (χ3n) is 7.14. The van der Waals surface area contributed by atoms with E-state index in [0.717, 1.165) is 10.0 Å². The molecule has 1 unspecified atom stereocenters.